The number of hydrogen-bond acceptors (Lipinski definition) is 2. The molecule has 1 fully saturated rings. The molecule has 1 aliphatic heterocycles. The molecule has 0 unspecified atom stereocenters. The van der Waals surface area contributed by atoms with Gasteiger partial charge < -0.3 is 5.11 Å². The predicted molar refractivity (Wildman–Crippen MR) is 43.0 cm³/mol. The van der Waals surface area contributed by atoms with Crippen LogP contribution in [0, 0.1) is 0 Å². The van der Waals surface area contributed by atoms with Crippen molar-refractivity contribution in [3.05, 3.63) is 0 Å². The molecule has 3 nitrogen and oxygen atoms in total. The molecule has 1 saturated heterocycles. The molecule has 0 aliphatic carbocycles. The molecule has 64 valence electrons. The molecule has 0 saturated carbocycles. The lowest BCUT2D eigenvalue weighted by molar-refractivity contribution is -0.138. The van der Waals surface area contributed by atoms with E-state index in [1.54, 1.807) is 0 Å². The number of carboxylic acids is 1. The van der Waals surface area contributed by atoms with Gasteiger partial charge in [-0.3, -0.25) is 9.69 Å². The van der Waals surface area contributed by atoms with E-state index in [4.69, 9.17) is 16.7 Å². The van der Waals surface area contributed by atoms with Crippen molar-refractivity contribution in [3.8, 4) is 0 Å². The highest BCUT2D eigenvalue weighted by Crippen LogP contribution is 2.14. The number of aliphatic carboxylic acids is 1. The topological polar surface area (TPSA) is 40.5 Å². The Morgan fingerprint density at radius 3 is 3.00 bits per heavy atom. The summed E-state index contributed by atoms with van der Waals surface area (Å²) in [7, 11) is 0. The molecule has 0 spiro atoms. The Morgan fingerprint density at radius 1 is 1.73 bits per heavy atom. The van der Waals surface area contributed by atoms with Gasteiger partial charge in [-0.25, -0.2) is 0 Å². The largest absolute Gasteiger partial charge is 0.480 e. The van der Waals surface area contributed by atoms with Gasteiger partial charge in [0.05, 0.1) is 6.54 Å². The zero-order valence-corrected chi connectivity index (χ0v) is 7.05. The minimum atomic E-state index is -0.768. The van der Waals surface area contributed by atoms with Gasteiger partial charge in [0.1, 0.15) is 0 Å². The molecule has 1 rings (SSSR count). The Morgan fingerprint density at radius 2 is 2.45 bits per heavy atom. The molecule has 0 radical (unpaired) electrons. The molecule has 0 aromatic carbocycles. The second-order valence-corrected chi connectivity index (χ2v) is 3.49. The van der Waals surface area contributed by atoms with Crippen LogP contribution in [0.4, 0.5) is 0 Å². The molecule has 0 aromatic rings. The second kappa shape index (κ2) is 3.93. The van der Waals surface area contributed by atoms with Crippen LogP contribution in [0.3, 0.4) is 0 Å². The summed E-state index contributed by atoms with van der Waals surface area (Å²) in [6.45, 7) is 1.71. The van der Waals surface area contributed by atoms with Crippen molar-refractivity contribution in [1.82, 2.24) is 4.90 Å². The van der Waals surface area contributed by atoms with Crippen molar-refractivity contribution in [2.24, 2.45) is 0 Å². The average molecular weight is 178 g/mol. The van der Waals surface area contributed by atoms with Crippen LogP contribution in [0.5, 0.6) is 0 Å². The number of halogens is 1. The Labute approximate surface area is 70.9 Å². The van der Waals surface area contributed by atoms with Crippen molar-refractivity contribution in [2.45, 2.75) is 18.2 Å². The highest BCUT2D eigenvalue weighted by atomic mass is 35.5. The van der Waals surface area contributed by atoms with Gasteiger partial charge in [-0.2, -0.15) is 0 Å². The maximum absolute atomic E-state index is 10.3. The number of carboxylic acid groups (broad SMARTS) is 1. The molecule has 11 heavy (non-hydrogen) atoms. The molecule has 1 heterocycles. The lowest BCUT2D eigenvalue weighted by Crippen LogP contribution is -2.39. The Bertz CT molecular complexity index is 151. The molecule has 1 aliphatic rings. The highest BCUT2D eigenvalue weighted by molar-refractivity contribution is 6.20. The maximum atomic E-state index is 10.3. The third kappa shape index (κ3) is 3.08. The number of likely N-dealkylation sites (tertiary alicyclic amines) is 1. The number of piperidine rings is 1. The summed E-state index contributed by atoms with van der Waals surface area (Å²) in [5.74, 6) is -0.768. The number of carbonyl (C=O) groups is 1. The fraction of sp³-hybridized carbons (Fsp3) is 0.857. The quantitative estimate of drug-likeness (QED) is 0.634. The number of hydrogen-bond donors (Lipinski definition) is 1. The first-order valence-corrected chi connectivity index (χ1v) is 4.20. The van der Waals surface area contributed by atoms with Crippen LogP contribution in [-0.2, 0) is 4.79 Å². The van der Waals surface area contributed by atoms with E-state index in [9.17, 15) is 4.79 Å². The Hall–Kier alpha value is -0.280. The summed E-state index contributed by atoms with van der Waals surface area (Å²) in [6.07, 6.45) is 2.03. The fourth-order valence-corrected chi connectivity index (χ4v) is 1.68. The van der Waals surface area contributed by atoms with Gasteiger partial charge in [0.25, 0.3) is 0 Å². The average Bonchev–Trinajstić information content (AvgIpc) is 1.85. The van der Waals surface area contributed by atoms with Crippen molar-refractivity contribution in [1.29, 1.82) is 0 Å². The summed E-state index contributed by atoms with van der Waals surface area (Å²) < 4.78 is 0. The van der Waals surface area contributed by atoms with Crippen molar-refractivity contribution in [2.75, 3.05) is 19.6 Å². The summed E-state index contributed by atoms with van der Waals surface area (Å²) in [5.41, 5.74) is 0. The van der Waals surface area contributed by atoms with Crippen molar-refractivity contribution >= 4 is 17.6 Å². The van der Waals surface area contributed by atoms with Crippen LogP contribution in [0.1, 0.15) is 12.8 Å². The summed E-state index contributed by atoms with van der Waals surface area (Å²) in [4.78, 5) is 12.2. The van der Waals surface area contributed by atoms with E-state index in [0.29, 0.717) is 6.54 Å². The number of rotatable bonds is 2. The molecule has 1 N–H and O–H groups in total. The van der Waals surface area contributed by atoms with Gasteiger partial charge in [0.15, 0.2) is 0 Å². The van der Waals surface area contributed by atoms with Crippen LogP contribution in [0.2, 0.25) is 0 Å². The van der Waals surface area contributed by atoms with Gasteiger partial charge >= 0.3 is 5.97 Å². The van der Waals surface area contributed by atoms with Gasteiger partial charge in [0, 0.05) is 11.9 Å². The lowest BCUT2D eigenvalue weighted by Gasteiger charge is -2.27. The van der Waals surface area contributed by atoms with E-state index in [2.05, 4.69) is 0 Å². The van der Waals surface area contributed by atoms with E-state index in [0.717, 1.165) is 19.4 Å². The standard InChI is InChI=1S/C7H12ClNO2/c8-6-2-1-3-9(4-6)5-7(10)11/h6H,1-5H2,(H,10,11)/t6-/m1/s1. The minimum Gasteiger partial charge on any atom is -0.480 e. The summed E-state index contributed by atoms with van der Waals surface area (Å²) in [5, 5.41) is 8.61. The number of nitrogens with zero attached hydrogens (tertiary/aromatic N) is 1. The van der Waals surface area contributed by atoms with Crippen LogP contribution in [0.15, 0.2) is 0 Å². The third-order valence-corrected chi connectivity index (χ3v) is 2.16. The third-order valence-electron chi connectivity index (χ3n) is 1.81. The normalized spacial score (nSPS) is 26.8. The maximum Gasteiger partial charge on any atom is 0.317 e. The van der Waals surface area contributed by atoms with Crippen LogP contribution in [0.25, 0.3) is 0 Å². The Kier molecular flexibility index (Phi) is 3.15. The van der Waals surface area contributed by atoms with Crippen molar-refractivity contribution < 1.29 is 9.90 Å². The van der Waals surface area contributed by atoms with Gasteiger partial charge in [-0.1, -0.05) is 0 Å². The Balaban J connectivity index is 2.28. The monoisotopic (exact) mass is 177 g/mol. The number of alkyl halides is 1. The van der Waals surface area contributed by atoms with E-state index in [-0.39, 0.29) is 11.9 Å². The lowest BCUT2D eigenvalue weighted by atomic mass is 10.1. The van der Waals surface area contributed by atoms with E-state index >= 15 is 0 Å². The summed E-state index contributed by atoms with van der Waals surface area (Å²) >= 11 is 5.86. The van der Waals surface area contributed by atoms with Gasteiger partial charge in [-0.05, 0) is 19.4 Å². The molecule has 0 amide bonds. The molecule has 4 heteroatoms. The highest BCUT2D eigenvalue weighted by Gasteiger charge is 2.18. The van der Waals surface area contributed by atoms with Crippen LogP contribution < -0.4 is 0 Å². The molecular weight excluding hydrogens is 166 g/mol. The first kappa shape index (κ1) is 8.81. The first-order chi connectivity index (χ1) is 5.18. The minimum absolute atomic E-state index is 0.128. The van der Waals surface area contributed by atoms with E-state index in [1.165, 1.54) is 0 Å². The molecule has 0 bridgehead atoms. The van der Waals surface area contributed by atoms with Gasteiger partial charge in [0.2, 0.25) is 0 Å². The SMILES string of the molecule is O=C(O)CN1CCC[C@@H](Cl)C1. The van der Waals surface area contributed by atoms with E-state index in [1.807, 2.05) is 4.90 Å². The van der Waals surface area contributed by atoms with Crippen LogP contribution in [-0.4, -0.2) is 41.0 Å². The van der Waals surface area contributed by atoms with Crippen LogP contribution >= 0.6 is 11.6 Å². The first-order valence-electron chi connectivity index (χ1n) is 3.76. The summed E-state index contributed by atoms with van der Waals surface area (Å²) in [6, 6.07) is 0. The second-order valence-electron chi connectivity index (χ2n) is 2.87. The zero-order chi connectivity index (χ0) is 8.27. The smallest absolute Gasteiger partial charge is 0.317 e. The van der Waals surface area contributed by atoms with Crippen molar-refractivity contribution in [3.63, 3.8) is 0 Å². The fourth-order valence-electron chi connectivity index (χ4n) is 1.33. The van der Waals surface area contributed by atoms with Gasteiger partial charge in [-0.15, -0.1) is 11.6 Å². The predicted octanol–water partition coefficient (Wildman–Crippen LogP) is 0.774. The molecule has 0 aromatic heterocycles. The zero-order valence-electron chi connectivity index (χ0n) is 6.29. The molecule has 1 atom stereocenters. The van der Waals surface area contributed by atoms with E-state index < -0.39 is 5.97 Å². The molecular formula is C7H12ClNO2.